The van der Waals surface area contributed by atoms with E-state index in [1.165, 1.54) is 70.6 Å². The quantitative estimate of drug-likeness (QED) is 0.750. The SMILES string of the molecule is CCCC1CCC(NC2CCCCC2)CC1. The van der Waals surface area contributed by atoms with Crippen molar-refractivity contribution in [1.82, 2.24) is 5.32 Å². The van der Waals surface area contributed by atoms with Crippen molar-refractivity contribution in [2.24, 2.45) is 5.92 Å². The molecule has 0 spiro atoms. The van der Waals surface area contributed by atoms with Crippen molar-refractivity contribution >= 4 is 0 Å². The lowest BCUT2D eigenvalue weighted by atomic mass is 9.83. The van der Waals surface area contributed by atoms with E-state index in [1.807, 2.05) is 0 Å². The van der Waals surface area contributed by atoms with Gasteiger partial charge in [0.2, 0.25) is 0 Å². The van der Waals surface area contributed by atoms with Crippen LogP contribution in [0, 0.1) is 5.92 Å². The summed E-state index contributed by atoms with van der Waals surface area (Å²) in [6.07, 6.45) is 16.0. The lowest BCUT2D eigenvalue weighted by molar-refractivity contribution is 0.244. The topological polar surface area (TPSA) is 12.0 Å². The van der Waals surface area contributed by atoms with Crippen LogP contribution in [0.3, 0.4) is 0 Å². The van der Waals surface area contributed by atoms with Gasteiger partial charge >= 0.3 is 0 Å². The van der Waals surface area contributed by atoms with Gasteiger partial charge in [-0.05, 0) is 44.4 Å². The molecular formula is C15H29N. The fraction of sp³-hybridized carbons (Fsp3) is 1.00. The Labute approximate surface area is 101 Å². The first-order chi connectivity index (χ1) is 7.88. The summed E-state index contributed by atoms with van der Waals surface area (Å²) in [4.78, 5) is 0. The van der Waals surface area contributed by atoms with Gasteiger partial charge in [0.1, 0.15) is 0 Å². The predicted molar refractivity (Wildman–Crippen MR) is 70.7 cm³/mol. The zero-order chi connectivity index (χ0) is 11.2. The first kappa shape index (κ1) is 12.4. The van der Waals surface area contributed by atoms with Gasteiger partial charge in [0.25, 0.3) is 0 Å². The summed E-state index contributed by atoms with van der Waals surface area (Å²) in [5.41, 5.74) is 0. The first-order valence-corrected chi connectivity index (χ1v) is 7.64. The average Bonchev–Trinajstić information content (AvgIpc) is 2.33. The van der Waals surface area contributed by atoms with Gasteiger partial charge in [-0.2, -0.15) is 0 Å². The van der Waals surface area contributed by atoms with Crippen LogP contribution in [-0.2, 0) is 0 Å². The minimum absolute atomic E-state index is 0.858. The monoisotopic (exact) mass is 223 g/mol. The minimum atomic E-state index is 0.858. The highest BCUT2D eigenvalue weighted by molar-refractivity contribution is 4.81. The van der Waals surface area contributed by atoms with E-state index in [-0.39, 0.29) is 0 Å². The highest BCUT2D eigenvalue weighted by Gasteiger charge is 2.23. The van der Waals surface area contributed by atoms with Gasteiger partial charge in [0, 0.05) is 12.1 Å². The van der Waals surface area contributed by atoms with E-state index >= 15 is 0 Å². The lowest BCUT2D eigenvalue weighted by Gasteiger charge is -2.33. The second-order valence-corrected chi connectivity index (χ2v) is 6.01. The molecule has 1 N–H and O–H groups in total. The summed E-state index contributed by atoms with van der Waals surface area (Å²) in [6, 6.07) is 1.72. The van der Waals surface area contributed by atoms with Gasteiger partial charge in [0.05, 0.1) is 0 Å². The van der Waals surface area contributed by atoms with Crippen LogP contribution in [-0.4, -0.2) is 12.1 Å². The molecule has 1 heteroatoms. The Morgan fingerprint density at radius 3 is 2.06 bits per heavy atom. The maximum atomic E-state index is 3.92. The Morgan fingerprint density at radius 2 is 1.44 bits per heavy atom. The third kappa shape index (κ3) is 3.76. The molecule has 2 aliphatic carbocycles. The molecule has 0 amide bonds. The number of nitrogens with one attached hydrogen (secondary N) is 1. The molecule has 16 heavy (non-hydrogen) atoms. The molecule has 0 aromatic carbocycles. The maximum Gasteiger partial charge on any atom is 0.00698 e. The van der Waals surface area contributed by atoms with E-state index in [2.05, 4.69) is 12.2 Å². The molecular weight excluding hydrogens is 194 g/mol. The Hall–Kier alpha value is -0.0400. The molecule has 0 saturated heterocycles. The average molecular weight is 223 g/mol. The van der Waals surface area contributed by atoms with Crippen molar-refractivity contribution < 1.29 is 0 Å². The van der Waals surface area contributed by atoms with Crippen LogP contribution in [0.5, 0.6) is 0 Å². The zero-order valence-electron chi connectivity index (χ0n) is 11.0. The molecule has 0 atom stereocenters. The zero-order valence-corrected chi connectivity index (χ0v) is 11.0. The number of rotatable bonds is 4. The summed E-state index contributed by atoms with van der Waals surface area (Å²) in [5.74, 6) is 1.05. The van der Waals surface area contributed by atoms with Crippen LogP contribution in [0.4, 0.5) is 0 Å². The fourth-order valence-electron chi connectivity index (χ4n) is 3.63. The van der Waals surface area contributed by atoms with E-state index in [1.54, 1.807) is 0 Å². The van der Waals surface area contributed by atoms with Gasteiger partial charge in [-0.3, -0.25) is 0 Å². The van der Waals surface area contributed by atoms with Gasteiger partial charge in [-0.25, -0.2) is 0 Å². The second kappa shape index (κ2) is 6.64. The molecule has 0 heterocycles. The summed E-state index contributed by atoms with van der Waals surface area (Å²) in [5, 5.41) is 3.92. The largest absolute Gasteiger partial charge is 0.311 e. The third-order valence-electron chi connectivity index (χ3n) is 4.62. The molecule has 2 saturated carbocycles. The van der Waals surface area contributed by atoms with Crippen molar-refractivity contribution in [2.75, 3.05) is 0 Å². The van der Waals surface area contributed by atoms with Crippen molar-refractivity contribution in [1.29, 1.82) is 0 Å². The molecule has 0 aliphatic heterocycles. The van der Waals surface area contributed by atoms with Gasteiger partial charge in [-0.15, -0.1) is 0 Å². The maximum absolute atomic E-state index is 3.92. The molecule has 1 nitrogen and oxygen atoms in total. The van der Waals surface area contributed by atoms with Crippen molar-refractivity contribution in [3.05, 3.63) is 0 Å². The molecule has 2 aliphatic rings. The van der Waals surface area contributed by atoms with Crippen LogP contribution in [0.25, 0.3) is 0 Å². The van der Waals surface area contributed by atoms with E-state index < -0.39 is 0 Å². The van der Waals surface area contributed by atoms with E-state index in [4.69, 9.17) is 0 Å². The van der Waals surface area contributed by atoms with E-state index in [0.717, 1.165) is 18.0 Å². The molecule has 2 rings (SSSR count). The van der Waals surface area contributed by atoms with E-state index in [9.17, 15) is 0 Å². The minimum Gasteiger partial charge on any atom is -0.311 e. The Bertz CT molecular complexity index is 176. The van der Waals surface area contributed by atoms with Gasteiger partial charge < -0.3 is 5.32 Å². The van der Waals surface area contributed by atoms with Crippen molar-refractivity contribution in [2.45, 2.75) is 89.6 Å². The van der Waals surface area contributed by atoms with Crippen LogP contribution >= 0.6 is 0 Å². The predicted octanol–water partition coefficient (Wildman–Crippen LogP) is 4.27. The van der Waals surface area contributed by atoms with Crippen LogP contribution < -0.4 is 5.32 Å². The molecule has 0 unspecified atom stereocenters. The number of hydrogen-bond acceptors (Lipinski definition) is 1. The van der Waals surface area contributed by atoms with Crippen molar-refractivity contribution in [3.63, 3.8) is 0 Å². The normalized spacial score (nSPS) is 32.8. The molecule has 0 aromatic rings. The smallest absolute Gasteiger partial charge is 0.00698 e. The Balaban J connectivity index is 1.64. The van der Waals surface area contributed by atoms with E-state index in [0.29, 0.717) is 0 Å². The summed E-state index contributed by atoms with van der Waals surface area (Å²) < 4.78 is 0. The Kier molecular flexibility index (Phi) is 5.15. The summed E-state index contributed by atoms with van der Waals surface area (Å²) >= 11 is 0. The third-order valence-corrected chi connectivity index (χ3v) is 4.62. The summed E-state index contributed by atoms with van der Waals surface area (Å²) in [6.45, 7) is 2.33. The number of hydrogen-bond donors (Lipinski definition) is 1. The standard InChI is InChI=1S/C15H29N/c1-2-6-13-9-11-15(12-10-13)16-14-7-4-3-5-8-14/h13-16H,2-12H2,1H3. The fourth-order valence-corrected chi connectivity index (χ4v) is 3.63. The Morgan fingerprint density at radius 1 is 0.812 bits per heavy atom. The molecule has 0 bridgehead atoms. The summed E-state index contributed by atoms with van der Waals surface area (Å²) in [7, 11) is 0. The van der Waals surface area contributed by atoms with Crippen LogP contribution in [0.1, 0.15) is 77.6 Å². The van der Waals surface area contributed by atoms with Gasteiger partial charge in [-0.1, -0.05) is 39.0 Å². The van der Waals surface area contributed by atoms with Crippen LogP contribution in [0.2, 0.25) is 0 Å². The van der Waals surface area contributed by atoms with Gasteiger partial charge in [0.15, 0.2) is 0 Å². The lowest BCUT2D eigenvalue weighted by Crippen LogP contribution is -2.41. The van der Waals surface area contributed by atoms with Crippen LogP contribution in [0.15, 0.2) is 0 Å². The first-order valence-electron chi connectivity index (χ1n) is 7.64. The molecule has 0 aromatic heterocycles. The molecule has 0 radical (unpaired) electrons. The molecule has 2 fully saturated rings. The highest BCUT2D eigenvalue weighted by Crippen LogP contribution is 2.29. The highest BCUT2D eigenvalue weighted by atomic mass is 15.0. The van der Waals surface area contributed by atoms with Crippen molar-refractivity contribution in [3.8, 4) is 0 Å². The second-order valence-electron chi connectivity index (χ2n) is 6.01. The molecule has 94 valence electrons.